The summed E-state index contributed by atoms with van der Waals surface area (Å²) in [6.07, 6.45) is 3.80. The van der Waals surface area contributed by atoms with Crippen LogP contribution in [0.5, 0.6) is 11.5 Å². The summed E-state index contributed by atoms with van der Waals surface area (Å²) in [5.41, 5.74) is 8.56. The van der Waals surface area contributed by atoms with Gasteiger partial charge in [-0.1, -0.05) is 88.3 Å². The molecule has 5 aromatic heterocycles. The Morgan fingerprint density at radius 3 is 2.28 bits per heavy atom. The molecule has 1 aliphatic rings. The van der Waals surface area contributed by atoms with Gasteiger partial charge in [0, 0.05) is 54.8 Å². The summed E-state index contributed by atoms with van der Waals surface area (Å²) in [4.78, 5) is 9.85. The summed E-state index contributed by atoms with van der Waals surface area (Å²) in [6.45, 7) is 11.3. The largest absolute Gasteiger partial charge is 2.00 e. The Morgan fingerprint density at radius 1 is 0.648 bits per heavy atom. The third-order valence-electron chi connectivity index (χ3n) is 11.2. The Kier molecular flexibility index (Phi) is 7.15. The van der Waals surface area contributed by atoms with Gasteiger partial charge in [-0.15, -0.1) is 46.6 Å². The third kappa shape index (κ3) is 4.60. The monoisotopic (exact) mass is 897 g/mol. The van der Waals surface area contributed by atoms with Crippen molar-refractivity contribution in [1.29, 1.82) is 0 Å². The zero-order valence-corrected chi connectivity index (χ0v) is 33.5. The van der Waals surface area contributed by atoms with Gasteiger partial charge in [-0.2, -0.15) is 12.1 Å². The zero-order valence-electron chi connectivity index (χ0n) is 30.4. The summed E-state index contributed by atoms with van der Waals surface area (Å²) < 4.78 is 13.8. The van der Waals surface area contributed by atoms with Crippen molar-refractivity contribution in [2.24, 2.45) is 0 Å². The zero-order chi connectivity index (χ0) is 35.8. The van der Waals surface area contributed by atoms with E-state index in [0.717, 1.165) is 39.0 Å². The Labute approximate surface area is 331 Å². The van der Waals surface area contributed by atoms with Crippen LogP contribution in [-0.2, 0) is 31.9 Å². The number of thiophene rings is 1. The number of aromatic nitrogens is 4. The molecule has 0 atom stereocenters. The van der Waals surface area contributed by atoms with Gasteiger partial charge in [0.2, 0.25) is 0 Å². The number of rotatable bonds is 3. The Balaban J connectivity index is 0.00000361. The van der Waals surface area contributed by atoms with Gasteiger partial charge in [0.25, 0.3) is 0 Å². The quantitative estimate of drug-likeness (QED) is 0.166. The first-order valence-electron chi connectivity index (χ1n) is 18.1. The minimum Gasteiger partial charge on any atom is -0.509 e. The second-order valence-corrected chi connectivity index (χ2v) is 16.8. The molecule has 264 valence electrons. The minimum absolute atomic E-state index is 0. The maximum absolute atomic E-state index is 6.72. The van der Waals surface area contributed by atoms with Crippen LogP contribution in [0.15, 0.2) is 116 Å². The van der Waals surface area contributed by atoms with Crippen LogP contribution in [-0.4, -0.2) is 19.1 Å². The van der Waals surface area contributed by atoms with Gasteiger partial charge >= 0.3 is 21.1 Å². The molecule has 0 amide bonds. The maximum atomic E-state index is 6.72. The molecule has 0 aliphatic carbocycles. The second-order valence-electron chi connectivity index (χ2n) is 15.7. The van der Waals surface area contributed by atoms with E-state index in [1.165, 1.54) is 53.2 Å². The van der Waals surface area contributed by atoms with E-state index in [1.54, 1.807) is 0 Å². The molecule has 7 heteroatoms. The number of benzene rings is 5. The predicted octanol–water partition coefficient (Wildman–Crippen LogP) is 12.4. The molecule has 0 saturated heterocycles. The fraction of sp³-hybridized carbons (Fsp3) is 0.149. The van der Waals surface area contributed by atoms with Gasteiger partial charge < -0.3 is 13.9 Å². The molecule has 11 rings (SSSR count). The summed E-state index contributed by atoms with van der Waals surface area (Å²) in [5, 5.41) is 7.10. The van der Waals surface area contributed by atoms with Crippen LogP contribution >= 0.6 is 11.3 Å². The minimum atomic E-state index is -0.230. The van der Waals surface area contributed by atoms with Crippen LogP contribution in [0.25, 0.3) is 75.4 Å². The number of para-hydroxylation sites is 1. The fourth-order valence-corrected chi connectivity index (χ4v) is 9.70. The number of fused-ring (bicyclic) bond motifs is 12. The van der Waals surface area contributed by atoms with Crippen LogP contribution in [0.3, 0.4) is 0 Å². The summed E-state index contributed by atoms with van der Waals surface area (Å²) in [5.74, 6) is 2.11. The van der Waals surface area contributed by atoms with Crippen molar-refractivity contribution in [3.05, 3.63) is 144 Å². The standard InChI is InChI=1S/C47H34N4OS.Pt/c1-46(2,3)27-21-23-48-41(24-27)50-37-25-28(15-17-30(37)32-18-20-40-42(44(32)50)34-10-6-7-14-39(34)53-40)52-29-16-19-35-38(26-29)51-43-31(33-12-9-22-49-45(33)51)11-8-13-36(43)47(35,4)5;/h6-24H,1-5H3;/q-2;+2. The smallest absolute Gasteiger partial charge is 0.509 e. The molecular formula is C47H34N4OPtS. The molecule has 0 bridgehead atoms. The average Bonchev–Trinajstić information content (AvgIpc) is 3.81. The van der Waals surface area contributed by atoms with Crippen molar-refractivity contribution in [3.63, 3.8) is 0 Å². The van der Waals surface area contributed by atoms with Crippen LogP contribution in [0.4, 0.5) is 0 Å². The SMILES string of the molecule is CC(C)(C)c1ccnc(-n2c3[c-]c(Oc4[c-]c5c(cc4)C(C)(C)c4cccc6c7cccnc7n-5c46)ccc3c3ccc4sc5ccccc5c4c32)c1.[Pt+2]. The van der Waals surface area contributed by atoms with E-state index in [2.05, 4.69) is 141 Å². The predicted molar refractivity (Wildman–Crippen MR) is 219 cm³/mol. The maximum Gasteiger partial charge on any atom is 2.00 e. The van der Waals surface area contributed by atoms with Gasteiger partial charge in [0.1, 0.15) is 11.5 Å². The summed E-state index contributed by atoms with van der Waals surface area (Å²) in [6, 6.07) is 44.1. The first kappa shape index (κ1) is 33.3. The van der Waals surface area contributed by atoms with Gasteiger partial charge in [-0.3, -0.25) is 0 Å². The van der Waals surface area contributed by atoms with Crippen LogP contribution in [0.2, 0.25) is 0 Å². The van der Waals surface area contributed by atoms with E-state index < -0.39 is 0 Å². The Hall–Kier alpha value is -5.29. The molecule has 0 N–H and O–H groups in total. The van der Waals surface area contributed by atoms with E-state index in [1.807, 2.05) is 41.9 Å². The summed E-state index contributed by atoms with van der Waals surface area (Å²) in [7, 11) is 0. The second kappa shape index (κ2) is 11.6. The molecule has 0 spiro atoms. The Morgan fingerprint density at radius 2 is 1.41 bits per heavy atom. The average molecular weight is 898 g/mol. The van der Waals surface area contributed by atoms with Crippen molar-refractivity contribution in [2.75, 3.05) is 0 Å². The Bertz CT molecular complexity index is 3180. The molecular weight excluding hydrogens is 864 g/mol. The van der Waals surface area contributed by atoms with E-state index in [0.29, 0.717) is 11.5 Å². The van der Waals surface area contributed by atoms with Crippen molar-refractivity contribution < 1.29 is 25.8 Å². The molecule has 1 aliphatic heterocycles. The van der Waals surface area contributed by atoms with Crippen molar-refractivity contribution >= 4 is 75.3 Å². The molecule has 0 unspecified atom stereocenters. The first-order valence-corrected chi connectivity index (χ1v) is 18.9. The van der Waals surface area contributed by atoms with Gasteiger partial charge in [-0.25, -0.2) is 9.97 Å². The molecule has 0 radical (unpaired) electrons. The first-order chi connectivity index (χ1) is 25.7. The molecule has 6 heterocycles. The molecule has 10 aromatic rings. The van der Waals surface area contributed by atoms with Crippen LogP contribution in [0.1, 0.15) is 51.3 Å². The fourth-order valence-electron chi connectivity index (χ4n) is 8.60. The summed E-state index contributed by atoms with van der Waals surface area (Å²) >= 11 is 1.83. The number of pyridine rings is 2. The van der Waals surface area contributed by atoms with E-state index >= 15 is 0 Å². The van der Waals surface area contributed by atoms with Gasteiger partial charge in [-0.05, 0) is 63.7 Å². The number of nitrogens with zero attached hydrogens (tertiary/aromatic N) is 4. The molecule has 5 nitrogen and oxygen atoms in total. The van der Waals surface area contributed by atoms with Gasteiger partial charge in [0.15, 0.2) is 0 Å². The van der Waals surface area contributed by atoms with Crippen molar-refractivity contribution in [1.82, 2.24) is 19.1 Å². The van der Waals surface area contributed by atoms with E-state index in [-0.39, 0.29) is 31.9 Å². The molecule has 5 aromatic carbocycles. The topological polar surface area (TPSA) is 44.9 Å². The normalized spacial score (nSPS) is 13.6. The molecule has 54 heavy (non-hydrogen) atoms. The van der Waals surface area contributed by atoms with E-state index in [4.69, 9.17) is 14.7 Å². The third-order valence-corrected chi connectivity index (χ3v) is 12.4. The number of hydrogen-bond donors (Lipinski definition) is 0. The molecule has 0 fully saturated rings. The molecule has 0 saturated carbocycles. The number of ether oxygens (including phenoxy) is 1. The van der Waals surface area contributed by atoms with Crippen LogP contribution < -0.4 is 4.74 Å². The van der Waals surface area contributed by atoms with Crippen LogP contribution in [0, 0.1) is 12.1 Å². The van der Waals surface area contributed by atoms with Gasteiger partial charge in [0.05, 0.1) is 11.0 Å². The van der Waals surface area contributed by atoms with Crippen molar-refractivity contribution in [2.45, 2.75) is 45.4 Å². The van der Waals surface area contributed by atoms with E-state index in [9.17, 15) is 0 Å². The van der Waals surface area contributed by atoms with Crippen molar-refractivity contribution in [3.8, 4) is 23.0 Å². The number of hydrogen-bond acceptors (Lipinski definition) is 4.